The van der Waals surface area contributed by atoms with Crippen LogP contribution in [-0.2, 0) is 25.5 Å². The zero-order chi connectivity index (χ0) is 27.5. The van der Waals surface area contributed by atoms with Crippen LogP contribution >= 0.6 is 0 Å². The summed E-state index contributed by atoms with van der Waals surface area (Å²) in [6.45, 7) is 6.51. The third-order valence-corrected chi connectivity index (χ3v) is 6.40. The zero-order valence-corrected chi connectivity index (χ0v) is 23.7. The normalized spacial score (nSPS) is 13.1. The van der Waals surface area contributed by atoms with Crippen LogP contribution in [0.3, 0.4) is 0 Å². The number of quaternary nitrogens is 1. The lowest BCUT2D eigenvalue weighted by Crippen LogP contribution is -2.59. The molecule has 0 aromatic heterocycles. The number of hydrogen-bond acceptors (Lipinski definition) is 5. The summed E-state index contributed by atoms with van der Waals surface area (Å²) in [6, 6.07) is 9.78. The van der Waals surface area contributed by atoms with Crippen LogP contribution in [0.25, 0.3) is 0 Å². The Balaban J connectivity index is 2.24. The molecule has 0 fully saturated rings. The van der Waals surface area contributed by atoms with E-state index in [2.05, 4.69) is 53.5 Å². The number of nitrogens with one attached hydrogen (secondary N) is 2. The molecule has 0 heterocycles. The summed E-state index contributed by atoms with van der Waals surface area (Å²) in [7, 11) is 6.12. The zero-order valence-electron chi connectivity index (χ0n) is 23.7. The number of carbonyl (C=O) groups is 3. The van der Waals surface area contributed by atoms with Gasteiger partial charge >= 0.3 is 18.5 Å². The molecule has 0 saturated carbocycles. The fourth-order valence-corrected chi connectivity index (χ4v) is 4.45. The van der Waals surface area contributed by atoms with Gasteiger partial charge in [-0.3, -0.25) is 9.59 Å². The first-order valence-corrected chi connectivity index (χ1v) is 13.7. The number of amides is 2. The number of urea groups is 1. The number of hydrogen-bond donors (Lipinski definition) is 2. The standard InChI is InChI=1S/C29H49N3O5/c1-24(2)21-27(32(3,4)5)26(22-28(34)37-23-33)31-29(35)30-18-12-6-7-13-19-36-20-14-11-17-25-15-9-8-10-16-25/h8-10,15-16,23-24,26-27H,6-7,11-14,17-22H2,1-5H3,(H-,30,31,35)/p+1. The molecule has 2 unspecified atom stereocenters. The fraction of sp³-hybridized carbons (Fsp3) is 0.690. The molecule has 0 radical (unpaired) electrons. The Labute approximate surface area is 224 Å². The van der Waals surface area contributed by atoms with Gasteiger partial charge in [-0.25, -0.2) is 4.79 Å². The smallest absolute Gasteiger partial charge is 0.315 e. The highest BCUT2D eigenvalue weighted by Gasteiger charge is 2.36. The summed E-state index contributed by atoms with van der Waals surface area (Å²) < 4.78 is 10.8. The number of nitrogens with zero attached hydrogens (tertiary/aromatic N) is 1. The number of benzene rings is 1. The molecule has 8 heteroatoms. The van der Waals surface area contributed by atoms with E-state index in [9.17, 15) is 14.4 Å². The van der Waals surface area contributed by atoms with Gasteiger partial charge < -0.3 is 24.6 Å². The third-order valence-electron chi connectivity index (χ3n) is 6.40. The second-order valence-electron chi connectivity index (χ2n) is 11.1. The van der Waals surface area contributed by atoms with Crippen molar-refractivity contribution < 1.29 is 28.3 Å². The molecule has 8 nitrogen and oxygen atoms in total. The molecule has 1 aromatic carbocycles. The van der Waals surface area contributed by atoms with Gasteiger partial charge in [-0.05, 0) is 43.6 Å². The molecule has 1 aromatic rings. The highest BCUT2D eigenvalue weighted by molar-refractivity contribution is 5.79. The summed E-state index contributed by atoms with van der Waals surface area (Å²) in [6.07, 6.45) is 8.06. The molecular weight excluding hydrogens is 470 g/mol. The Kier molecular flexibility index (Phi) is 16.5. The lowest BCUT2D eigenvalue weighted by atomic mass is 9.93. The maximum absolute atomic E-state index is 12.6. The Bertz CT molecular complexity index is 765. The molecule has 2 amide bonds. The van der Waals surface area contributed by atoms with Gasteiger partial charge in [0.1, 0.15) is 6.04 Å². The van der Waals surface area contributed by atoms with Gasteiger partial charge in [0.05, 0.1) is 33.6 Å². The number of likely N-dealkylation sites (N-methyl/N-ethyl adjacent to an activating group) is 1. The molecule has 1 rings (SSSR count). The van der Waals surface area contributed by atoms with Crippen molar-refractivity contribution in [1.82, 2.24) is 10.6 Å². The van der Waals surface area contributed by atoms with E-state index in [0.717, 1.165) is 64.6 Å². The van der Waals surface area contributed by atoms with E-state index in [-0.39, 0.29) is 25.0 Å². The average molecular weight is 521 g/mol. The van der Waals surface area contributed by atoms with Crippen LogP contribution in [0.1, 0.15) is 70.8 Å². The van der Waals surface area contributed by atoms with Crippen molar-refractivity contribution in [2.24, 2.45) is 5.92 Å². The molecule has 0 aliphatic rings. The fourth-order valence-electron chi connectivity index (χ4n) is 4.45. The average Bonchev–Trinajstić information content (AvgIpc) is 2.83. The van der Waals surface area contributed by atoms with Crippen LogP contribution in [0, 0.1) is 5.92 Å². The van der Waals surface area contributed by atoms with Crippen molar-refractivity contribution in [3.8, 4) is 0 Å². The lowest BCUT2D eigenvalue weighted by molar-refractivity contribution is -0.898. The van der Waals surface area contributed by atoms with E-state index in [0.29, 0.717) is 16.9 Å². The number of ether oxygens (including phenoxy) is 2. The predicted molar refractivity (Wildman–Crippen MR) is 147 cm³/mol. The monoisotopic (exact) mass is 520 g/mol. The van der Waals surface area contributed by atoms with Crippen LogP contribution in [0.5, 0.6) is 0 Å². The molecule has 0 aliphatic carbocycles. The topological polar surface area (TPSA) is 93.7 Å². The molecule has 0 bridgehead atoms. The Hall–Kier alpha value is -2.45. The maximum atomic E-state index is 12.6. The van der Waals surface area contributed by atoms with Crippen molar-refractivity contribution in [3.05, 3.63) is 35.9 Å². The minimum atomic E-state index is -0.638. The second kappa shape index (κ2) is 18.7. The van der Waals surface area contributed by atoms with E-state index in [4.69, 9.17) is 4.74 Å². The number of unbranched alkanes of at least 4 members (excludes halogenated alkanes) is 4. The van der Waals surface area contributed by atoms with Gasteiger partial charge in [-0.2, -0.15) is 0 Å². The molecule has 0 spiro atoms. The summed E-state index contributed by atoms with van der Waals surface area (Å²) in [5.41, 5.74) is 1.38. The Morgan fingerprint density at radius 2 is 1.59 bits per heavy atom. The lowest BCUT2D eigenvalue weighted by Gasteiger charge is -2.40. The van der Waals surface area contributed by atoms with E-state index in [1.165, 1.54) is 5.56 Å². The molecule has 37 heavy (non-hydrogen) atoms. The molecular formula is C29H50N3O5+. The van der Waals surface area contributed by atoms with Gasteiger partial charge in [0.25, 0.3) is 0 Å². The van der Waals surface area contributed by atoms with Crippen LogP contribution in [0.4, 0.5) is 4.79 Å². The van der Waals surface area contributed by atoms with Crippen molar-refractivity contribution in [3.63, 3.8) is 0 Å². The second-order valence-corrected chi connectivity index (χ2v) is 11.1. The predicted octanol–water partition coefficient (Wildman–Crippen LogP) is 4.46. The summed E-state index contributed by atoms with van der Waals surface area (Å²) in [5, 5.41) is 5.87. The third kappa shape index (κ3) is 16.1. The minimum Gasteiger partial charge on any atom is -0.395 e. The number of aryl methyl sites for hydroxylation is 1. The van der Waals surface area contributed by atoms with Crippen LogP contribution in [0.15, 0.2) is 30.3 Å². The molecule has 210 valence electrons. The van der Waals surface area contributed by atoms with Gasteiger partial charge in [0, 0.05) is 26.2 Å². The minimum absolute atomic E-state index is 0.0108. The summed E-state index contributed by atoms with van der Waals surface area (Å²) in [4.78, 5) is 35.2. The Morgan fingerprint density at radius 3 is 2.22 bits per heavy atom. The number of carbonyl (C=O) groups excluding carboxylic acids is 3. The van der Waals surface area contributed by atoms with Crippen molar-refractivity contribution in [1.29, 1.82) is 0 Å². The highest BCUT2D eigenvalue weighted by Crippen LogP contribution is 2.20. The largest absolute Gasteiger partial charge is 0.395 e. The maximum Gasteiger partial charge on any atom is 0.315 e. The van der Waals surface area contributed by atoms with Gasteiger partial charge in [0.2, 0.25) is 0 Å². The van der Waals surface area contributed by atoms with Crippen LogP contribution < -0.4 is 10.6 Å². The first kappa shape index (κ1) is 32.6. The summed E-state index contributed by atoms with van der Waals surface area (Å²) in [5.74, 6) is -0.254. The van der Waals surface area contributed by atoms with Crippen molar-refractivity contribution in [2.45, 2.75) is 83.7 Å². The quantitative estimate of drug-likeness (QED) is 0.0870. The molecule has 0 aliphatic heterocycles. The van der Waals surface area contributed by atoms with Crippen molar-refractivity contribution >= 4 is 18.5 Å². The van der Waals surface area contributed by atoms with Gasteiger partial charge in [-0.15, -0.1) is 0 Å². The number of rotatable bonds is 20. The van der Waals surface area contributed by atoms with Crippen LogP contribution in [0.2, 0.25) is 0 Å². The van der Waals surface area contributed by atoms with Crippen molar-refractivity contribution in [2.75, 3.05) is 40.9 Å². The van der Waals surface area contributed by atoms with E-state index >= 15 is 0 Å². The first-order chi connectivity index (χ1) is 17.6. The summed E-state index contributed by atoms with van der Waals surface area (Å²) >= 11 is 0. The van der Waals surface area contributed by atoms with E-state index in [1.807, 2.05) is 27.2 Å². The van der Waals surface area contributed by atoms with Gasteiger partial charge in [-0.1, -0.05) is 57.0 Å². The Morgan fingerprint density at radius 1 is 0.946 bits per heavy atom. The molecule has 2 atom stereocenters. The van der Waals surface area contributed by atoms with Crippen LogP contribution in [-0.4, -0.2) is 75.9 Å². The first-order valence-electron chi connectivity index (χ1n) is 13.7. The SMILES string of the molecule is CC(C)CC(C(CC(=O)OC=O)NC(=O)NCCCCCCOCCCCc1ccccc1)[N+](C)(C)C. The number of esters is 1. The molecule has 0 saturated heterocycles. The van der Waals surface area contributed by atoms with Gasteiger partial charge in [0.15, 0.2) is 0 Å². The van der Waals surface area contributed by atoms with E-state index < -0.39 is 12.0 Å². The highest BCUT2D eigenvalue weighted by atomic mass is 16.6. The molecule has 2 N–H and O–H groups in total. The van der Waals surface area contributed by atoms with E-state index in [1.54, 1.807) is 0 Å².